The van der Waals surface area contributed by atoms with Gasteiger partial charge in [0.15, 0.2) is 21.4 Å². The van der Waals surface area contributed by atoms with E-state index in [1.165, 1.54) is 6.07 Å². The number of benzene rings is 1. The number of ketones is 1. The number of aryl methyl sites for hydroxylation is 2. The van der Waals surface area contributed by atoms with Crippen molar-refractivity contribution in [3.63, 3.8) is 0 Å². The molecular weight excluding hydrogens is 482 g/mol. The van der Waals surface area contributed by atoms with E-state index >= 15 is 0 Å². The Morgan fingerprint density at radius 3 is 2.42 bits per heavy atom. The number of Topliss-reactive ketones (excluding diaryl/α,β-unsaturated/α-hetero) is 1. The molecule has 0 spiro atoms. The van der Waals surface area contributed by atoms with Crippen LogP contribution in [0, 0.1) is 13.8 Å². The summed E-state index contributed by atoms with van der Waals surface area (Å²) in [5.74, 6) is -0.193. The Morgan fingerprint density at radius 1 is 1.11 bits per heavy atom. The normalized spacial score (nSPS) is 20.1. The first-order chi connectivity index (χ1) is 17.0. The van der Waals surface area contributed by atoms with Gasteiger partial charge in [0.1, 0.15) is 11.3 Å². The molecule has 2 amide bonds. The summed E-state index contributed by atoms with van der Waals surface area (Å²) in [4.78, 5) is 41.4. The van der Waals surface area contributed by atoms with Crippen molar-refractivity contribution in [3.05, 3.63) is 47.4 Å². The van der Waals surface area contributed by atoms with Crippen LogP contribution in [0.1, 0.15) is 60.4 Å². The van der Waals surface area contributed by atoms with Crippen molar-refractivity contribution in [1.82, 2.24) is 10.6 Å². The lowest BCUT2D eigenvalue weighted by molar-refractivity contribution is -0.133. The Bertz CT molecular complexity index is 1260. The van der Waals surface area contributed by atoms with Crippen molar-refractivity contribution in [2.24, 2.45) is 0 Å². The molecule has 10 heteroatoms. The van der Waals surface area contributed by atoms with Gasteiger partial charge in [0.2, 0.25) is 5.91 Å². The first-order valence-electron chi connectivity index (χ1n) is 12.3. The van der Waals surface area contributed by atoms with Gasteiger partial charge in [-0.2, -0.15) is 0 Å². The molecule has 2 N–H and O–H groups in total. The number of para-hydroxylation sites is 1. The summed E-state index contributed by atoms with van der Waals surface area (Å²) in [6.07, 6.45) is 5.00. The largest absolute Gasteiger partial charge is 0.456 e. The quantitative estimate of drug-likeness (QED) is 0.606. The van der Waals surface area contributed by atoms with Crippen LogP contribution in [0.25, 0.3) is 0 Å². The third-order valence-corrected chi connectivity index (χ3v) is 8.36. The summed E-state index contributed by atoms with van der Waals surface area (Å²) in [6, 6.07) is 7.56. The molecule has 1 aliphatic carbocycles. The second-order valence-corrected chi connectivity index (χ2v) is 11.9. The van der Waals surface area contributed by atoms with E-state index in [-0.39, 0.29) is 28.9 Å². The van der Waals surface area contributed by atoms with Gasteiger partial charge in [0.05, 0.1) is 23.2 Å². The summed E-state index contributed by atoms with van der Waals surface area (Å²) < 4.78 is 29.9. The van der Waals surface area contributed by atoms with Crippen molar-refractivity contribution in [2.45, 2.75) is 68.8 Å². The molecule has 194 valence electrons. The number of piperidine rings is 1. The lowest BCUT2D eigenvalue weighted by Crippen LogP contribution is -2.63. The molecule has 1 unspecified atom stereocenters. The fourth-order valence-corrected chi connectivity index (χ4v) is 5.94. The van der Waals surface area contributed by atoms with Gasteiger partial charge in [-0.05, 0) is 56.9 Å². The molecule has 1 saturated carbocycles. The topological polar surface area (TPSA) is 126 Å². The number of carbonyl (C=O) groups excluding carboxylic acids is 3. The number of sulfone groups is 1. The van der Waals surface area contributed by atoms with E-state index in [0.717, 1.165) is 31.1 Å². The molecule has 2 heterocycles. The number of carbonyl (C=O) groups is 3. The molecule has 2 aromatic rings. The van der Waals surface area contributed by atoms with E-state index in [1.807, 2.05) is 6.92 Å². The van der Waals surface area contributed by atoms with Crippen LogP contribution in [0.4, 0.5) is 5.69 Å². The number of nitrogens with zero attached hydrogens (tertiary/aromatic N) is 1. The fraction of sp³-hybridized carbons (Fsp3) is 0.500. The molecule has 1 aromatic carbocycles. The van der Waals surface area contributed by atoms with E-state index in [9.17, 15) is 22.8 Å². The number of hydrogen-bond donors (Lipinski definition) is 2. The molecule has 2 aliphatic rings. The Labute approximate surface area is 211 Å². The van der Waals surface area contributed by atoms with Crippen LogP contribution in [0.3, 0.4) is 0 Å². The van der Waals surface area contributed by atoms with Crippen LogP contribution in [0.2, 0.25) is 0 Å². The highest BCUT2D eigenvalue weighted by Gasteiger charge is 2.43. The lowest BCUT2D eigenvalue weighted by atomic mass is 9.80. The summed E-state index contributed by atoms with van der Waals surface area (Å²) >= 11 is 0. The zero-order valence-electron chi connectivity index (χ0n) is 20.9. The standard InChI is InChI=1S/C26H33N3O6S/c1-17-15-22(35-18(17)2)24(31)28-26(12-7-4-8-13-26)25(32)27-19-11-14-29(16-21(19)30)20-9-5-6-10-23(20)36(3,33)34/h5-6,9-10,15,19H,4,7-8,11-14,16H2,1-3H3,(H,27,32)(H,28,31). The smallest absolute Gasteiger partial charge is 0.287 e. The highest BCUT2D eigenvalue weighted by Crippen LogP contribution is 2.31. The first-order valence-corrected chi connectivity index (χ1v) is 14.2. The Morgan fingerprint density at radius 2 is 1.81 bits per heavy atom. The van der Waals surface area contributed by atoms with Crippen LogP contribution in [0.15, 0.2) is 39.6 Å². The number of anilines is 1. The van der Waals surface area contributed by atoms with Crippen molar-refractivity contribution >= 4 is 33.1 Å². The van der Waals surface area contributed by atoms with Gasteiger partial charge < -0.3 is 20.0 Å². The van der Waals surface area contributed by atoms with Gasteiger partial charge in [-0.1, -0.05) is 31.4 Å². The number of hydrogen-bond acceptors (Lipinski definition) is 7. The third-order valence-electron chi connectivity index (χ3n) is 7.22. The fourth-order valence-electron chi connectivity index (χ4n) is 5.04. The van der Waals surface area contributed by atoms with E-state index in [1.54, 1.807) is 36.1 Å². The minimum atomic E-state index is -3.46. The van der Waals surface area contributed by atoms with Crippen LogP contribution >= 0.6 is 0 Å². The minimum Gasteiger partial charge on any atom is -0.456 e. The minimum absolute atomic E-state index is 0.0121. The molecule has 0 bridgehead atoms. The Hall–Kier alpha value is -3.14. The molecule has 1 aromatic heterocycles. The van der Waals surface area contributed by atoms with Gasteiger partial charge >= 0.3 is 0 Å². The molecule has 1 aliphatic heterocycles. The molecule has 36 heavy (non-hydrogen) atoms. The van der Waals surface area contributed by atoms with Gasteiger partial charge in [-0.25, -0.2) is 8.42 Å². The zero-order valence-corrected chi connectivity index (χ0v) is 21.7. The average molecular weight is 516 g/mol. The Balaban J connectivity index is 1.47. The van der Waals surface area contributed by atoms with Gasteiger partial charge in [0, 0.05) is 12.8 Å². The molecule has 2 fully saturated rings. The zero-order chi connectivity index (χ0) is 26.1. The summed E-state index contributed by atoms with van der Waals surface area (Å²) in [5, 5.41) is 5.81. The molecule has 0 radical (unpaired) electrons. The number of amides is 2. The molecule has 9 nitrogen and oxygen atoms in total. The summed E-state index contributed by atoms with van der Waals surface area (Å²) in [7, 11) is -3.46. The van der Waals surface area contributed by atoms with E-state index in [0.29, 0.717) is 37.3 Å². The highest BCUT2D eigenvalue weighted by atomic mass is 32.2. The average Bonchev–Trinajstić information content (AvgIpc) is 3.18. The van der Waals surface area contributed by atoms with E-state index in [4.69, 9.17) is 4.42 Å². The number of rotatable bonds is 6. The maximum absolute atomic E-state index is 13.5. The van der Waals surface area contributed by atoms with Gasteiger partial charge in [0.25, 0.3) is 5.91 Å². The van der Waals surface area contributed by atoms with Crippen molar-refractivity contribution < 1.29 is 27.2 Å². The maximum Gasteiger partial charge on any atom is 0.287 e. The predicted octanol–water partition coefficient (Wildman–Crippen LogP) is 2.70. The predicted molar refractivity (Wildman–Crippen MR) is 135 cm³/mol. The van der Waals surface area contributed by atoms with Crippen LogP contribution in [0.5, 0.6) is 0 Å². The Kier molecular flexibility index (Phi) is 7.26. The lowest BCUT2D eigenvalue weighted by Gasteiger charge is -2.39. The van der Waals surface area contributed by atoms with Crippen molar-refractivity contribution in [3.8, 4) is 0 Å². The monoisotopic (exact) mass is 515 g/mol. The van der Waals surface area contributed by atoms with Crippen LogP contribution in [-0.4, -0.2) is 56.9 Å². The molecule has 4 rings (SSSR count). The molecular formula is C26H33N3O6S. The van der Waals surface area contributed by atoms with Crippen LogP contribution in [-0.2, 0) is 19.4 Å². The first kappa shape index (κ1) is 25.9. The van der Waals surface area contributed by atoms with Crippen molar-refractivity contribution in [2.75, 3.05) is 24.2 Å². The van der Waals surface area contributed by atoms with E-state index in [2.05, 4.69) is 10.6 Å². The maximum atomic E-state index is 13.5. The molecule has 1 saturated heterocycles. The second-order valence-electron chi connectivity index (χ2n) is 9.89. The van der Waals surface area contributed by atoms with Crippen LogP contribution < -0.4 is 15.5 Å². The third kappa shape index (κ3) is 5.33. The van der Waals surface area contributed by atoms with E-state index < -0.39 is 27.3 Å². The summed E-state index contributed by atoms with van der Waals surface area (Å²) in [5.41, 5.74) is 0.236. The molecule has 1 atom stereocenters. The van der Waals surface area contributed by atoms with Crippen molar-refractivity contribution in [1.29, 1.82) is 0 Å². The van der Waals surface area contributed by atoms with Gasteiger partial charge in [-0.3, -0.25) is 14.4 Å². The summed E-state index contributed by atoms with van der Waals surface area (Å²) in [6.45, 7) is 4.03. The number of furan rings is 1. The highest BCUT2D eigenvalue weighted by molar-refractivity contribution is 7.90. The van der Waals surface area contributed by atoms with Gasteiger partial charge in [-0.15, -0.1) is 0 Å². The SMILES string of the molecule is Cc1cc(C(=O)NC2(C(=O)NC3CCN(c4ccccc4S(C)(=O)=O)CC3=O)CCCCC2)oc1C. The second kappa shape index (κ2) is 10.1. The number of nitrogens with one attached hydrogen (secondary N) is 2.